The molecule has 0 unspecified atom stereocenters. The fourth-order valence-electron chi connectivity index (χ4n) is 1.49. The highest BCUT2D eigenvalue weighted by atomic mass is 35.5. The summed E-state index contributed by atoms with van der Waals surface area (Å²) in [5, 5.41) is 0. The van der Waals surface area contributed by atoms with Crippen molar-refractivity contribution in [1.29, 1.82) is 0 Å². The monoisotopic (exact) mass is 300 g/mol. The highest BCUT2D eigenvalue weighted by Crippen LogP contribution is 2.28. The zero-order valence-electron chi connectivity index (χ0n) is 11.5. The molecule has 1 aromatic carbocycles. The molecule has 0 amide bonds. The number of esters is 2. The molecular formula is C14H17ClO5. The Morgan fingerprint density at radius 3 is 2.60 bits per heavy atom. The first kappa shape index (κ1) is 16.3. The molecule has 5 nitrogen and oxygen atoms in total. The Hall–Kier alpha value is -1.75. The van der Waals surface area contributed by atoms with Gasteiger partial charge in [-0.3, -0.25) is 9.59 Å². The SMILES string of the molecule is COc1ccc(COC(=O)CCCCl)cc1OC(C)=O. The lowest BCUT2D eigenvalue weighted by Gasteiger charge is -2.10. The minimum atomic E-state index is -0.445. The van der Waals surface area contributed by atoms with Crippen molar-refractivity contribution in [3.05, 3.63) is 23.8 Å². The zero-order valence-corrected chi connectivity index (χ0v) is 12.2. The van der Waals surface area contributed by atoms with Crippen molar-refractivity contribution in [1.82, 2.24) is 0 Å². The van der Waals surface area contributed by atoms with E-state index in [1.54, 1.807) is 18.2 Å². The van der Waals surface area contributed by atoms with E-state index >= 15 is 0 Å². The molecule has 110 valence electrons. The normalized spacial score (nSPS) is 9.95. The van der Waals surface area contributed by atoms with E-state index in [0.29, 0.717) is 29.4 Å². The molecule has 0 N–H and O–H groups in total. The summed E-state index contributed by atoms with van der Waals surface area (Å²) < 4.78 is 15.2. The summed E-state index contributed by atoms with van der Waals surface area (Å²) in [6, 6.07) is 5.00. The molecule has 0 atom stereocenters. The molecule has 1 rings (SSSR count). The maximum absolute atomic E-state index is 11.4. The lowest BCUT2D eigenvalue weighted by atomic mass is 10.2. The molecule has 0 aliphatic rings. The lowest BCUT2D eigenvalue weighted by molar-refractivity contribution is -0.145. The molecule has 20 heavy (non-hydrogen) atoms. The van der Waals surface area contributed by atoms with Crippen LogP contribution in [0.25, 0.3) is 0 Å². The number of halogens is 1. The van der Waals surface area contributed by atoms with Crippen molar-refractivity contribution in [2.45, 2.75) is 26.4 Å². The summed E-state index contributed by atoms with van der Waals surface area (Å²) in [6.07, 6.45) is 0.873. The number of benzene rings is 1. The highest BCUT2D eigenvalue weighted by Gasteiger charge is 2.09. The number of alkyl halides is 1. The fourth-order valence-corrected chi connectivity index (χ4v) is 1.63. The van der Waals surface area contributed by atoms with Gasteiger partial charge in [-0.15, -0.1) is 11.6 Å². The molecule has 0 heterocycles. The fraction of sp³-hybridized carbons (Fsp3) is 0.429. The first-order valence-electron chi connectivity index (χ1n) is 6.13. The number of carbonyl (C=O) groups is 2. The van der Waals surface area contributed by atoms with Crippen molar-refractivity contribution in [2.24, 2.45) is 0 Å². The summed E-state index contributed by atoms with van der Waals surface area (Å²) >= 11 is 5.50. The molecule has 0 saturated heterocycles. The van der Waals surface area contributed by atoms with Crippen molar-refractivity contribution in [3.63, 3.8) is 0 Å². The predicted molar refractivity (Wildman–Crippen MR) is 74.1 cm³/mol. The van der Waals surface area contributed by atoms with Gasteiger partial charge >= 0.3 is 11.9 Å². The highest BCUT2D eigenvalue weighted by molar-refractivity contribution is 6.17. The average molecular weight is 301 g/mol. The van der Waals surface area contributed by atoms with E-state index in [2.05, 4.69) is 0 Å². The number of hydrogen-bond donors (Lipinski definition) is 0. The van der Waals surface area contributed by atoms with Crippen LogP contribution in [-0.2, 0) is 20.9 Å². The average Bonchev–Trinajstić information content (AvgIpc) is 2.42. The third kappa shape index (κ3) is 5.48. The first-order chi connectivity index (χ1) is 9.56. The van der Waals surface area contributed by atoms with E-state index in [1.165, 1.54) is 14.0 Å². The minimum Gasteiger partial charge on any atom is -0.493 e. The van der Waals surface area contributed by atoms with Gasteiger partial charge in [0.15, 0.2) is 11.5 Å². The third-order valence-corrected chi connectivity index (χ3v) is 2.66. The van der Waals surface area contributed by atoms with Gasteiger partial charge in [0, 0.05) is 19.2 Å². The molecule has 0 radical (unpaired) electrons. The van der Waals surface area contributed by atoms with E-state index in [1.807, 2.05) is 0 Å². The van der Waals surface area contributed by atoms with Crippen LogP contribution in [0.5, 0.6) is 11.5 Å². The van der Waals surface area contributed by atoms with Crippen LogP contribution in [0.4, 0.5) is 0 Å². The number of ether oxygens (including phenoxy) is 3. The maximum Gasteiger partial charge on any atom is 0.308 e. The molecule has 0 bridgehead atoms. The van der Waals surface area contributed by atoms with E-state index < -0.39 is 5.97 Å². The van der Waals surface area contributed by atoms with Gasteiger partial charge in [0.25, 0.3) is 0 Å². The van der Waals surface area contributed by atoms with Gasteiger partial charge in [-0.1, -0.05) is 6.07 Å². The maximum atomic E-state index is 11.4. The first-order valence-corrected chi connectivity index (χ1v) is 6.67. The third-order valence-electron chi connectivity index (χ3n) is 2.40. The van der Waals surface area contributed by atoms with Gasteiger partial charge in [-0.05, 0) is 24.1 Å². The second-order valence-electron chi connectivity index (χ2n) is 4.03. The second kappa shape index (κ2) is 8.43. The number of methoxy groups -OCH3 is 1. The Labute approximate surface area is 122 Å². The van der Waals surface area contributed by atoms with Crippen LogP contribution in [0.2, 0.25) is 0 Å². The van der Waals surface area contributed by atoms with E-state index in [4.69, 9.17) is 25.8 Å². The summed E-state index contributed by atoms with van der Waals surface area (Å²) in [7, 11) is 1.48. The molecule has 0 saturated carbocycles. The van der Waals surface area contributed by atoms with E-state index in [-0.39, 0.29) is 19.0 Å². The molecule has 0 aliphatic heterocycles. The Balaban J connectivity index is 2.66. The standard InChI is InChI=1S/C14H17ClO5/c1-10(16)20-13-8-11(5-6-12(13)18-2)9-19-14(17)4-3-7-15/h5-6,8H,3-4,7,9H2,1-2H3. The van der Waals surface area contributed by atoms with Gasteiger partial charge < -0.3 is 14.2 Å². The van der Waals surface area contributed by atoms with Crippen LogP contribution in [-0.4, -0.2) is 24.9 Å². The smallest absolute Gasteiger partial charge is 0.308 e. The number of carbonyl (C=O) groups excluding carboxylic acids is 2. The van der Waals surface area contributed by atoms with Crippen LogP contribution in [0.3, 0.4) is 0 Å². The Bertz CT molecular complexity index is 473. The van der Waals surface area contributed by atoms with Crippen molar-refractivity contribution >= 4 is 23.5 Å². The van der Waals surface area contributed by atoms with Gasteiger partial charge in [0.05, 0.1) is 7.11 Å². The molecule has 1 aromatic rings. The molecule has 0 spiro atoms. The van der Waals surface area contributed by atoms with Crippen LogP contribution < -0.4 is 9.47 Å². The predicted octanol–water partition coefficient (Wildman–Crippen LogP) is 2.68. The minimum absolute atomic E-state index is 0.110. The van der Waals surface area contributed by atoms with E-state index in [9.17, 15) is 9.59 Å². The quantitative estimate of drug-likeness (QED) is 0.440. The zero-order chi connectivity index (χ0) is 15.0. The number of hydrogen-bond acceptors (Lipinski definition) is 5. The Morgan fingerprint density at radius 2 is 2.00 bits per heavy atom. The van der Waals surface area contributed by atoms with Crippen LogP contribution >= 0.6 is 11.6 Å². The van der Waals surface area contributed by atoms with Gasteiger partial charge in [0.2, 0.25) is 0 Å². The second-order valence-corrected chi connectivity index (χ2v) is 4.41. The Morgan fingerprint density at radius 1 is 1.25 bits per heavy atom. The molecule has 6 heteroatoms. The van der Waals surface area contributed by atoms with Crippen LogP contribution in [0.1, 0.15) is 25.3 Å². The van der Waals surface area contributed by atoms with Crippen molar-refractivity contribution < 1.29 is 23.8 Å². The van der Waals surface area contributed by atoms with Crippen LogP contribution in [0, 0.1) is 0 Å². The summed E-state index contributed by atoms with van der Waals surface area (Å²) in [4.78, 5) is 22.4. The largest absolute Gasteiger partial charge is 0.493 e. The topological polar surface area (TPSA) is 61.8 Å². The van der Waals surface area contributed by atoms with Crippen LogP contribution in [0.15, 0.2) is 18.2 Å². The van der Waals surface area contributed by atoms with Crippen molar-refractivity contribution in [3.8, 4) is 11.5 Å². The molecule has 0 fully saturated rings. The van der Waals surface area contributed by atoms with Crippen molar-refractivity contribution in [2.75, 3.05) is 13.0 Å². The van der Waals surface area contributed by atoms with E-state index in [0.717, 1.165) is 0 Å². The summed E-state index contributed by atoms with van der Waals surface area (Å²) in [5.41, 5.74) is 0.710. The molecular weight excluding hydrogens is 284 g/mol. The van der Waals surface area contributed by atoms with Gasteiger partial charge in [0.1, 0.15) is 6.61 Å². The van der Waals surface area contributed by atoms with Gasteiger partial charge in [-0.2, -0.15) is 0 Å². The molecule has 0 aliphatic carbocycles. The summed E-state index contributed by atoms with van der Waals surface area (Å²) in [5.74, 6) is 0.413. The lowest BCUT2D eigenvalue weighted by Crippen LogP contribution is -2.06. The number of rotatable bonds is 7. The summed E-state index contributed by atoms with van der Waals surface area (Å²) in [6.45, 7) is 1.41. The Kier molecular flexibility index (Phi) is 6.87. The van der Waals surface area contributed by atoms with Gasteiger partial charge in [-0.25, -0.2) is 0 Å². The molecule has 0 aromatic heterocycles.